The third-order valence-corrected chi connectivity index (χ3v) is 8.64. The van der Waals surface area contributed by atoms with Crippen LogP contribution in [0.15, 0.2) is 58.4 Å². The molecule has 0 atom stereocenters. The van der Waals surface area contributed by atoms with Crippen molar-refractivity contribution < 1.29 is 9.18 Å². The normalized spacial score (nSPS) is 20.1. The highest BCUT2D eigenvalue weighted by Crippen LogP contribution is 2.38. The molecule has 0 N–H and O–H groups in total. The average Bonchev–Trinajstić information content (AvgIpc) is 3.53. The Kier molecular flexibility index (Phi) is 6.46. The number of nitrogens with zero attached hydrogens (tertiary/aromatic N) is 5. The third kappa shape index (κ3) is 4.53. The maximum absolute atomic E-state index is 13.7. The number of halogens is 1. The van der Waals surface area contributed by atoms with E-state index < -0.39 is 0 Å². The summed E-state index contributed by atoms with van der Waals surface area (Å²) in [5.41, 5.74) is 1.70. The largest absolute Gasteiger partial charge is 0.368 e. The molecule has 2 aliphatic heterocycles. The predicted molar refractivity (Wildman–Crippen MR) is 150 cm³/mol. The molecule has 0 radical (unpaired) electrons. The van der Waals surface area contributed by atoms with Gasteiger partial charge in [0.2, 0.25) is 0 Å². The number of anilines is 2. The number of thiocarbonyl (C=S) groups is 1. The lowest BCUT2D eigenvalue weighted by Gasteiger charge is -2.37. The van der Waals surface area contributed by atoms with Gasteiger partial charge in [-0.3, -0.25) is 18.9 Å². The fourth-order valence-corrected chi connectivity index (χ4v) is 6.76. The smallest absolute Gasteiger partial charge is 0.267 e. The molecule has 37 heavy (non-hydrogen) atoms. The monoisotopic (exact) mass is 535 g/mol. The fraction of sp³-hybridized carbons (Fsp3) is 0.333. The van der Waals surface area contributed by atoms with Crippen molar-refractivity contribution in [2.45, 2.75) is 31.7 Å². The molecule has 1 aliphatic carbocycles. The quantitative estimate of drug-likeness (QED) is 0.365. The Morgan fingerprint density at radius 3 is 2.41 bits per heavy atom. The molecule has 3 aliphatic rings. The van der Waals surface area contributed by atoms with Crippen molar-refractivity contribution in [1.82, 2.24) is 14.3 Å². The van der Waals surface area contributed by atoms with Crippen molar-refractivity contribution in [3.05, 3.63) is 75.3 Å². The number of aromatic nitrogens is 2. The molecule has 2 aromatic heterocycles. The van der Waals surface area contributed by atoms with E-state index in [9.17, 15) is 14.0 Å². The first-order valence-electron chi connectivity index (χ1n) is 12.5. The Balaban J connectivity index is 1.34. The Labute approximate surface area is 223 Å². The molecule has 0 unspecified atom stereocenters. The highest BCUT2D eigenvalue weighted by atomic mass is 32.2. The van der Waals surface area contributed by atoms with Gasteiger partial charge in [0.15, 0.2) is 0 Å². The van der Waals surface area contributed by atoms with Gasteiger partial charge < -0.3 is 9.80 Å². The van der Waals surface area contributed by atoms with Crippen LogP contribution in [-0.2, 0) is 4.79 Å². The number of thioether (sulfide) groups is 1. The van der Waals surface area contributed by atoms with Crippen LogP contribution < -0.4 is 15.4 Å². The van der Waals surface area contributed by atoms with Gasteiger partial charge >= 0.3 is 0 Å². The SMILES string of the molecule is O=C1C(=Cc2c(N3CCN(c4ccc(F)cc4)CC3)nc3ccccn3c2=O)SC(=S)N1C1CCCC1. The van der Waals surface area contributed by atoms with Crippen LogP contribution in [0.4, 0.5) is 15.9 Å². The van der Waals surface area contributed by atoms with Crippen LogP contribution in [0.25, 0.3) is 11.7 Å². The minimum Gasteiger partial charge on any atom is -0.368 e. The van der Waals surface area contributed by atoms with Crippen LogP contribution in [0.1, 0.15) is 31.2 Å². The van der Waals surface area contributed by atoms with Crippen molar-refractivity contribution in [1.29, 1.82) is 0 Å². The number of carbonyl (C=O) groups is 1. The van der Waals surface area contributed by atoms with Crippen LogP contribution in [0.3, 0.4) is 0 Å². The molecule has 0 spiro atoms. The highest BCUT2D eigenvalue weighted by molar-refractivity contribution is 8.26. The zero-order valence-corrected chi connectivity index (χ0v) is 21.8. The van der Waals surface area contributed by atoms with Gasteiger partial charge in [0, 0.05) is 44.1 Å². The van der Waals surface area contributed by atoms with E-state index in [1.54, 1.807) is 35.4 Å². The van der Waals surface area contributed by atoms with Crippen molar-refractivity contribution in [2.24, 2.45) is 0 Å². The van der Waals surface area contributed by atoms with E-state index in [0.29, 0.717) is 52.4 Å². The third-order valence-electron chi connectivity index (χ3n) is 7.31. The number of benzene rings is 1. The van der Waals surface area contributed by atoms with Crippen molar-refractivity contribution in [3.8, 4) is 0 Å². The fourth-order valence-electron chi connectivity index (χ4n) is 5.37. The molecular formula is C27H26FN5O2S2. The molecular weight excluding hydrogens is 509 g/mol. The lowest BCUT2D eigenvalue weighted by molar-refractivity contribution is -0.123. The van der Waals surface area contributed by atoms with Gasteiger partial charge in [-0.15, -0.1) is 0 Å². The summed E-state index contributed by atoms with van der Waals surface area (Å²) in [5.74, 6) is 0.193. The zero-order chi connectivity index (χ0) is 25.5. The van der Waals surface area contributed by atoms with Crippen molar-refractivity contribution in [2.75, 3.05) is 36.0 Å². The average molecular weight is 536 g/mol. The van der Waals surface area contributed by atoms with Gasteiger partial charge in [-0.25, -0.2) is 9.37 Å². The maximum atomic E-state index is 13.7. The number of hydrogen-bond acceptors (Lipinski definition) is 7. The molecule has 190 valence electrons. The second-order valence-corrected chi connectivity index (χ2v) is 11.2. The molecule has 1 amide bonds. The first-order valence-corrected chi connectivity index (χ1v) is 13.8. The van der Waals surface area contributed by atoms with E-state index in [-0.39, 0.29) is 23.3 Å². The molecule has 1 saturated carbocycles. The molecule has 10 heteroatoms. The van der Waals surface area contributed by atoms with Gasteiger partial charge in [-0.1, -0.05) is 42.9 Å². The summed E-state index contributed by atoms with van der Waals surface area (Å²) in [6.45, 7) is 2.67. The van der Waals surface area contributed by atoms with E-state index in [2.05, 4.69) is 9.80 Å². The summed E-state index contributed by atoms with van der Waals surface area (Å²) in [4.78, 5) is 38.4. The van der Waals surface area contributed by atoms with Crippen molar-refractivity contribution >= 4 is 57.4 Å². The van der Waals surface area contributed by atoms with E-state index in [4.69, 9.17) is 17.2 Å². The Hall–Kier alpha value is -3.24. The lowest BCUT2D eigenvalue weighted by Crippen LogP contribution is -2.47. The molecule has 3 aromatic rings. The lowest BCUT2D eigenvalue weighted by atomic mass is 10.2. The van der Waals surface area contributed by atoms with Gasteiger partial charge in [0.1, 0.15) is 21.6 Å². The van der Waals surface area contributed by atoms with E-state index >= 15 is 0 Å². The number of fused-ring (bicyclic) bond motifs is 1. The summed E-state index contributed by atoms with van der Waals surface area (Å²) in [6, 6.07) is 12.1. The number of hydrogen-bond donors (Lipinski definition) is 0. The Morgan fingerprint density at radius 1 is 0.973 bits per heavy atom. The van der Waals surface area contributed by atoms with Gasteiger partial charge in [-0.2, -0.15) is 0 Å². The molecule has 0 bridgehead atoms. The van der Waals surface area contributed by atoms with Crippen LogP contribution >= 0.6 is 24.0 Å². The van der Waals surface area contributed by atoms with E-state index in [1.807, 2.05) is 12.1 Å². The second kappa shape index (κ2) is 9.90. The maximum Gasteiger partial charge on any atom is 0.267 e. The van der Waals surface area contributed by atoms with E-state index in [0.717, 1.165) is 31.4 Å². The molecule has 7 nitrogen and oxygen atoms in total. The second-order valence-electron chi connectivity index (χ2n) is 9.52. The zero-order valence-electron chi connectivity index (χ0n) is 20.2. The Bertz CT molecular complexity index is 1460. The number of pyridine rings is 1. The summed E-state index contributed by atoms with van der Waals surface area (Å²) < 4.78 is 15.4. The van der Waals surface area contributed by atoms with Crippen LogP contribution in [0.2, 0.25) is 0 Å². The first-order chi connectivity index (χ1) is 18.0. The van der Waals surface area contributed by atoms with Gasteiger partial charge in [-0.05, 0) is 55.3 Å². The topological polar surface area (TPSA) is 61.2 Å². The van der Waals surface area contributed by atoms with E-state index in [1.165, 1.54) is 28.3 Å². The first kappa shape index (κ1) is 24.1. The summed E-state index contributed by atoms with van der Waals surface area (Å²) in [5, 5.41) is 0. The standard InChI is InChI=1S/C27H26FN5O2S2/c28-18-8-10-19(11-9-18)30-13-15-31(16-14-30)24-21(25(34)32-12-4-3-7-23(32)29-24)17-22-26(35)33(27(36)37-22)20-5-1-2-6-20/h3-4,7-12,17,20H,1-2,5-6,13-16H2. The summed E-state index contributed by atoms with van der Waals surface area (Å²) in [7, 11) is 0. The molecule has 2 saturated heterocycles. The Morgan fingerprint density at radius 2 is 1.68 bits per heavy atom. The number of amides is 1. The number of rotatable bonds is 4. The van der Waals surface area contributed by atoms with Gasteiger partial charge in [0.25, 0.3) is 11.5 Å². The molecule has 3 fully saturated rings. The van der Waals surface area contributed by atoms with Crippen molar-refractivity contribution in [3.63, 3.8) is 0 Å². The molecule has 6 rings (SSSR count). The van der Waals surface area contributed by atoms with Crippen LogP contribution in [-0.4, -0.2) is 56.7 Å². The minimum absolute atomic E-state index is 0.119. The summed E-state index contributed by atoms with van der Waals surface area (Å²) >= 11 is 6.84. The number of piperazine rings is 1. The molecule has 4 heterocycles. The van der Waals surface area contributed by atoms with Crippen LogP contribution in [0, 0.1) is 5.82 Å². The van der Waals surface area contributed by atoms with Crippen LogP contribution in [0.5, 0.6) is 0 Å². The highest BCUT2D eigenvalue weighted by Gasteiger charge is 2.38. The number of carbonyl (C=O) groups excluding carboxylic acids is 1. The predicted octanol–water partition coefficient (Wildman–Crippen LogP) is 4.30. The molecule has 1 aromatic carbocycles. The minimum atomic E-state index is -0.258. The van der Waals surface area contributed by atoms with Gasteiger partial charge in [0.05, 0.1) is 10.5 Å². The summed E-state index contributed by atoms with van der Waals surface area (Å²) in [6.07, 6.45) is 7.51.